The van der Waals surface area contributed by atoms with Gasteiger partial charge in [0.25, 0.3) is 0 Å². The molecule has 1 aromatic carbocycles. The van der Waals surface area contributed by atoms with E-state index in [0.717, 1.165) is 42.9 Å². The highest BCUT2D eigenvalue weighted by atomic mass is 19.1. The number of nitrogens with one attached hydrogen (secondary N) is 1. The van der Waals surface area contributed by atoms with Crippen LogP contribution in [0.15, 0.2) is 24.3 Å². The third-order valence-electron chi connectivity index (χ3n) is 3.58. The average Bonchev–Trinajstić information content (AvgIpc) is 2.83. The Morgan fingerprint density at radius 1 is 1.21 bits per heavy atom. The largest absolute Gasteiger partial charge is 0.382 e. The number of nitrogens with two attached hydrogens (primary N) is 1. The van der Waals surface area contributed by atoms with Gasteiger partial charge in [-0.05, 0) is 30.5 Å². The first-order chi connectivity index (χ1) is 9.25. The minimum atomic E-state index is -0.251. The highest BCUT2D eigenvalue weighted by Gasteiger charge is 2.23. The number of aromatic nitrogens is 2. The molecule has 4 nitrogen and oxygen atoms in total. The predicted molar refractivity (Wildman–Crippen MR) is 71.2 cm³/mol. The van der Waals surface area contributed by atoms with Gasteiger partial charge in [0, 0.05) is 30.4 Å². The van der Waals surface area contributed by atoms with Crippen LogP contribution >= 0.6 is 0 Å². The van der Waals surface area contributed by atoms with E-state index in [1.165, 1.54) is 12.1 Å². The summed E-state index contributed by atoms with van der Waals surface area (Å²) in [6.45, 7) is 1.51. The van der Waals surface area contributed by atoms with E-state index in [-0.39, 0.29) is 5.82 Å². The van der Waals surface area contributed by atoms with E-state index in [2.05, 4.69) is 10.2 Å². The van der Waals surface area contributed by atoms with Crippen molar-refractivity contribution in [2.45, 2.75) is 18.8 Å². The molecule has 1 saturated heterocycles. The molecular weight excluding hydrogens is 245 g/mol. The molecule has 1 aromatic heterocycles. The molecule has 1 aliphatic rings. The molecule has 0 amide bonds. The number of hydrogen-bond donors (Lipinski definition) is 2. The SMILES string of the molecule is Nc1n[nH]c(C2CCOCC2)c1-c1ccc(F)cc1. The molecular formula is C14H16FN3O. The summed E-state index contributed by atoms with van der Waals surface area (Å²) in [5.74, 6) is 0.588. The molecule has 3 N–H and O–H groups in total. The first-order valence-corrected chi connectivity index (χ1v) is 6.43. The van der Waals surface area contributed by atoms with Gasteiger partial charge in [-0.1, -0.05) is 12.1 Å². The molecule has 0 unspecified atom stereocenters. The van der Waals surface area contributed by atoms with Crippen LogP contribution in [0.25, 0.3) is 11.1 Å². The summed E-state index contributed by atoms with van der Waals surface area (Å²) in [7, 11) is 0. The van der Waals surface area contributed by atoms with Crippen molar-refractivity contribution in [1.29, 1.82) is 0 Å². The number of nitrogen functional groups attached to an aromatic ring is 1. The lowest BCUT2D eigenvalue weighted by Gasteiger charge is -2.22. The summed E-state index contributed by atoms with van der Waals surface area (Å²) in [4.78, 5) is 0. The number of hydrogen-bond acceptors (Lipinski definition) is 3. The predicted octanol–water partition coefficient (Wildman–Crippen LogP) is 2.69. The molecule has 1 aliphatic heterocycles. The molecule has 2 aromatic rings. The first-order valence-electron chi connectivity index (χ1n) is 6.43. The second kappa shape index (κ2) is 5.01. The Balaban J connectivity index is 2.00. The minimum Gasteiger partial charge on any atom is -0.382 e. The maximum Gasteiger partial charge on any atom is 0.153 e. The smallest absolute Gasteiger partial charge is 0.153 e. The fourth-order valence-electron chi connectivity index (χ4n) is 2.57. The summed E-state index contributed by atoms with van der Waals surface area (Å²) in [5, 5.41) is 7.14. The topological polar surface area (TPSA) is 63.9 Å². The van der Waals surface area contributed by atoms with Gasteiger partial charge in [-0.3, -0.25) is 5.10 Å². The molecule has 100 valence electrons. The normalized spacial score (nSPS) is 16.7. The molecule has 19 heavy (non-hydrogen) atoms. The van der Waals surface area contributed by atoms with Crippen LogP contribution in [-0.2, 0) is 4.74 Å². The van der Waals surface area contributed by atoms with Crippen molar-refractivity contribution in [2.75, 3.05) is 18.9 Å². The number of aromatic amines is 1. The lowest BCUT2D eigenvalue weighted by Crippen LogP contribution is -2.15. The van der Waals surface area contributed by atoms with E-state index in [4.69, 9.17) is 10.5 Å². The van der Waals surface area contributed by atoms with E-state index in [1.54, 1.807) is 12.1 Å². The van der Waals surface area contributed by atoms with Crippen molar-refractivity contribution in [3.8, 4) is 11.1 Å². The Bertz CT molecular complexity index is 559. The summed E-state index contributed by atoms with van der Waals surface area (Å²) in [6, 6.07) is 6.35. The van der Waals surface area contributed by atoms with Crippen molar-refractivity contribution in [1.82, 2.24) is 10.2 Å². The number of benzene rings is 1. The van der Waals surface area contributed by atoms with E-state index in [1.807, 2.05) is 0 Å². The number of nitrogens with zero attached hydrogens (tertiary/aromatic N) is 1. The summed E-state index contributed by atoms with van der Waals surface area (Å²) >= 11 is 0. The molecule has 3 rings (SSSR count). The first kappa shape index (κ1) is 12.2. The van der Waals surface area contributed by atoms with Gasteiger partial charge in [-0.25, -0.2) is 4.39 Å². The molecule has 5 heteroatoms. The van der Waals surface area contributed by atoms with Gasteiger partial charge in [0.2, 0.25) is 0 Å². The maximum atomic E-state index is 13.0. The lowest BCUT2D eigenvalue weighted by molar-refractivity contribution is 0.0846. The van der Waals surface area contributed by atoms with Crippen LogP contribution in [-0.4, -0.2) is 23.4 Å². The summed E-state index contributed by atoms with van der Waals surface area (Å²) in [5.41, 5.74) is 8.78. The standard InChI is InChI=1S/C14H16FN3O/c15-11-3-1-9(2-4-11)12-13(17-18-14(12)16)10-5-7-19-8-6-10/h1-4,10H,5-8H2,(H3,16,17,18). The van der Waals surface area contributed by atoms with Crippen molar-refractivity contribution < 1.29 is 9.13 Å². The fraction of sp³-hybridized carbons (Fsp3) is 0.357. The van der Waals surface area contributed by atoms with Crippen molar-refractivity contribution in [3.63, 3.8) is 0 Å². The van der Waals surface area contributed by atoms with Gasteiger partial charge < -0.3 is 10.5 Å². The number of anilines is 1. The molecule has 0 spiro atoms. The average molecular weight is 261 g/mol. The van der Waals surface area contributed by atoms with Gasteiger partial charge in [0.1, 0.15) is 5.82 Å². The summed E-state index contributed by atoms with van der Waals surface area (Å²) in [6.07, 6.45) is 1.91. The van der Waals surface area contributed by atoms with Crippen LogP contribution in [0.5, 0.6) is 0 Å². The lowest BCUT2D eigenvalue weighted by atomic mass is 9.91. The van der Waals surface area contributed by atoms with E-state index >= 15 is 0 Å². The molecule has 0 saturated carbocycles. The second-order valence-electron chi connectivity index (χ2n) is 4.79. The van der Waals surface area contributed by atoms with Crippen LogP contribution in [0.1, 0.15) is 24.5 Å². The highest BCUT2D eigenvalue weighted by molar-refractivity contribution is 5.76. The zero-order chi connectivity index (χ0) is 13.2. The quantitative estimate of drug-likeness (QED) is 0.873. The molecule has 0 bridgehead atoms. The van der Waals surface area contributed by atoms with Crippen LogP contribution < -0.4 is 5.73 Å². The second-order valence-corrected chi connectivity index (χ2v) is 4.79. The number of ether oxygens (including phenoxy) is 1. The summed E-state index contributed by atoms with van der Waals surface area (Å²) < 4.78 is 18.4. The number of rotatable bonds is 2. The van der Waals surface area contributed by atoms with E-state index < -0.39 is 0 Å². The van der Waals surface area contributed by atoms with E-state index in [9.17, 15) is 4.39 Å². The van der Waals surface area contributed by atoms with Gasteiger partial charge in [-0.15, -0.1) is 0 Å². The molecule has 0 radical (unpaired) electrons. The Labute approximate surface area is 110 Å². The zero-order valence-electron chi connectivity index (χ0n) is 10.5. The molecule has 0 aliphatic carbocycles. The van der Waals surface area contributed by atoms with Gasteiger partial charge in [0.05, 0.1) is 0 Å². The van der Waals surface area contributed by atoms with Crippen LogP contribution in [0.4, 0.5) is 10.2 Å². The van der Waals surface area contributed by atoms with Gasteiger partial charge in [-0.2, -0.15) is 5.10 Å². The highest BCUT2D eigenvalue weighted by Crippen LogP contribution is 2.36. The van der Waals surface area contributed by atoms with Gasteiger partial charge in [0.15, 0.2) is 5.82 Å². The zero-order valence-corrected chi connectivity index (χ0v) is 10.5. The number of H-pyrrole nitrogens is 1. The van der Waals surface area contributed by atoms with Gasteiger partial charge >= 0.3 is 0 Å². The molecule has 1 fully saturated rings. The van der Waals surface area contributed by atoms with Crippen molar-refractivity contribution in [2.24, 2.45) is 0 Å². The minimum absolute atomic E-state index is 0.251. The third kappa shape index (κ3) is 2.33. The van der Waals surface area contributed by atoms with Crippen molar-refractivity contribution in [3.05, 3.63) is 35.8 Å². The Kier molecular flexibility index (Phi) is 3.21. The Morgan fingerprint density at radius 3 is 2.58 bits per heavy atom. The maximum absolute atomic E-state index is 13.0. The fourth-order valence-corrected chi connectivity index (χ4v) is 2.57. The van der Waals surface area contributed by atoms with Crippen molar-refractivity contribution >= 4 is 5.82 Å². The molecule has 2 heterocycles. The molecule has 0 atom stereocenters. The Morgan fingerprint density at radius 2 is 1.89 bits per heavy atom. The third-order valence-corrected chi connectivity index (χ3v) is 3.58. The van der Waals surface area contributed by atoms with Crippen LogP contribution in [0, 0.1) is 5.82 Å². The number of halogens is 1. The van der Waals surface area contributed by atoms with Crippen LogP contribution in [0.3, 0.4) is 0 Å². The van der Waals surface area contributed by atoms with Crippen LogP contribution in [0.2, 0.25) is 0 Å². The van der Waals surface area contributed by atoms with E-state index in [0.29, 0.717) is 11.7 Å². The monoisotopic (exact) mass is 261 g/mol. The Hall–Kier alpha value is -1.88.